The van der Waals surface area contributed by atoms with Crippen LogP contribution in [0, 0.1) is 5.92 Å². The number of ether oxygens (including phenoxy) is 1. The molecule has 0 aliphatic heterocycles. The molecule has 8 heteroatoms. The number of carbonyl (C=O) groups is 1. The summed E-state index contributed by atoms with van der Waals surface area (Å²) < 4.78 is 7.19. The Morgan fingerprint density at radius 1 is 1.14 bits per heavy atom. The minimum absolute atomic E-state index is 0.0636. The molecule has 1 amide bonds. The first-order chi connectivity index (χ1) is 14.0. The van der Waals surface area contributed by atoms with Crippen LogP contribution in [-0.4, -0.2) is 38.0 Å². The summed E-state index contributed by atoms with van der Waals surface area (Å²) in [6.07, 6.45) is 3.46. The van der Waals surface area contributed by atoms with Gasteiger partial charge in [0, 0.05) is 30.2 Å². The van der Waals surface area contributed by atoms with E-state index in [0.717, 1.165) is 28.0 Å². The van der Waals surface area contributed by atoms with Crippen molar-refractivity contribution in [3.05, 3.63) is 48.8 Å². The molecular weight excluding hydrogens is 386 g/mol. The van der Waals surface area contributed by atoms with E-state index in [1.807, 2.05) is 61.7 Å². The number of nitrogens with zero attached hydrogens (tertiary/aromatic N) is 4. The van der Waals surface area contributed by atoms with Crippen LogP contribution in [0.25, 0.3) is 11.4 Å². The fourth-order valence-corrected chi connectivity index (χ4v) is 3.97. The molecule has 2 aromatic heterocycles. The molecule has 1 aromatic carbocycles. The van der Waals surface area contributed by atoms with Gasteiger partial charge in [-0.1, -0.05) is 25.6 Å². The maximum absolute atomic E-state index is 13.0. The first-order valence-electron chi connectivity index (χ1n) is 9.48. The lowest BCUT2D eigenvalue weighted by atomic mass is 10.1. The number of carbonyl (C=O) groups excluding carboxylic acids is 1. The second-order valence-corrected chi connectivity index (χ2v) is 7.90. The van der Waals surface area contributed by atoms with Crippen LogP contribution in [0.15, 0.2) is 53.9 Å². The monoisotopic (exact) mass is 411 g/mol. The summed E-state index contributed by atoms with van der Waals surface area (Å²) >= 11 is 1.44. The molecule has 152 valence electrons. The maximum atomic E-state index is 13.0. The molecule has 7 nitrogen and oxygen atoms in total. The standard InChI is InChI=1S/C21H25N5O2S/c1-5-26-19(15-10-12-22-13-11-15)24-25-21(26)29-18(14(2)3)20(27)23-16-6-8-17(28-4)9-7-16/h6-14,18H,5H2,1-4H3,(H,23,27). The fourth-order valence-electron chi connectivity index (χ4n) is 2.87. The molecule has 0 bridgehead atoms. The molecule has 1 unspecified atom stereocenters. The lowest BCUT2D eigenvalue weighted by molar-refractivity contribution is -0.116. The Morgan fingerprint density at radius 3 is 2.41 bits per heavy atom. The fraction of sp³-hybridized carbons (Fsp3) is 0.333. The largest absolute Gasteiger partial charge is 0.497 e. The normalized spacial score (nSPS) is 12.0. The van der Waals surface area contributed by atoms with Crippen molar-refractivity contribution in [3.8, 4) is 17.1 Å². The highest BCUT2D eigenvalue weighted by molar-refractivity contribution is 8.00. The highest BCUT2D eigenvalue weighted by atomic mass is 32.2. The van der Waals surface area contributed by atoms with Gasteiger partial charge in [0.25, 0.3) is 0 Å². The van der Waals surface area contributed by atoms with Crippen LogP contribution >= 0.6 is 11.8 Å². The maximum Gasteiger partial charge on any atom is 0.238 e. The van der Waals surface area contributed by atoms with Crippen LogP contribution < -0.4 is 10.1 Å². The molecular formula is C21H25N5O2S. The molecule has 3 aromatic rings. The third-order valence-electron chi connectivity index (χ3n) is 4.43. The molecule has 2 heterocycles. The Hall–Kier alpha value is -2.87. The molecule has 0 saturated carbocycles. The molecule has 0 fully saturated rings. The Kier molecular flexibility index (Phi) is 6.87. The second kappa shape index (κ2) is 9.56. The summed E-state index contributed by atoms with van der Waals surface area (Å²) in [6, 6.07) is 11.1. The first kappa shape index (κ1) is 20.9. The predicted octanol–water partition coefficient (Wildman–Crippen LogP) is 4.12. The van der Waals surface area contributed by atoms with Crippen molar-refractivity contribution in [2.24, 2.45) is 5.92 Å². The van der Waals surface area contributed by atoms with Crippen LogP contribution in [0.3, 0.4) is 0 Å². The molecule has 1 N–H and O–H groups in total. The van der Waals surface area contributed by atoms with Gasteiger partial charge in [-0.2, -0.15) is 0 Å². The van der Waals surface area contributed by atoms with Gasteiger partial charge >= 0.3 is 0 Å². The lowest BCUT2D eigenvalue weighted by Gasteiger charge is -2.20. The van der Waals surface area contributed by atoms with E-state index >= 15 is 0 Å². The molecule has 3 rings (SSSR count). The SMILES string of the molecule is CCn1c(SC(C(=O)Nc2ccc(OC)cc2)C(C)C)nnc1-c1ccncc1. The molecule has 0 saturated heterocycles. The number of anilines is 1. The van der Waals surface area contributed by atoms with Crippen LogP contribution in [0.2, 0.25) is 0 Å². The Morgan fingerprint density at radius 2 is 1.83 bits per heavy atom. The van der Waals surface area contributed by atoms with Gasteiger partial charge < -0.3 is 14.6 Å². The number of methoxy groups -OCH3 is 1. The number of nitrogens with one attached hydrogen (secondary N) is 1. The number of thioether (sulfide) groups is 1. The van der Waals surface area contributed by atoms with Crippen LogP contribution in [0.5, 0.6) is 5.75 Å². The topological polar surface area (TPSA) is 81.9 Å². The van der Waals surface area contributed by atoms with Crippen molar-refractivity contribution in [1.82, 2.24) is 19.7 Å². The molecule has 1 atom stereocenters. The van der Waals surface area contributed by atoms with E-state index < -0.39 is 0 Å². The quantitative estimate of drug-likeness (QED) is 0.562. The summed E-state index contributed by atoms with van der Waals surface area (Å²) in [6.45, 7) is 6.81. The van der Waals surface area contributed by atoms with E-state index in [1.54, 1.807) is 19.5 Å². The van der Waals surface area contributed by atoms with E-state index in [9.17, 15) is 4.79 Å². The third-order valence-corrected chi connectivity index (χ3v) is 5.95. The summed E-state index contributed by atoms with van der Waals surface area (Å²) in [7, 11) is 1.61. The second-order valence-electron chi connectivity index (χ2n) is 6.79. The van der Waals surface area contributed by atoms with E-state index in [0.29, 0.717) is 6.54 Å². The van der Waals surface area contributed by atoms with Gasteiger partial charge in [-0.05, 0) is 49.2 Å². The number of amides is 1. The van der Waals surface area contributed by atoms with Crippen molar-refractivity contribution in [2.75, 3.05) is 12.4 Å². The van der Waals surface area contributed by atoms with Crippen molar-refractivity contribution < 1.29 is 9.53 Å². The average Bonchev–Trinajstić information content (AvgIpc) is 3.15. The van der Waals surface area contributed by atoms with E-state index in [4.69, 9.17) is 4.74 Å². The van der Waals surface area contributed by atoms with Crippen molar-refractivity contribution in [2.45, 2.75) is 37.7 Å². The van der Waals surface area contributed by atoms with Gasteiger partial charge in [-0.25, -0.2) is 0 Å². The van der Waals surface area contributed by atoms with Gasteiger partial charge in [0.05, 0.1) is 12.4 Å². The van der Waals surface area contributed by atoms with E-state index in [2.05, 4.69) is 20.5 Å². The summed E-state index contributed by atoms with van der Waals surface area (Å²) in [5.74, 6) is 1.57. The van der Waals surface area contributed by atoms with Crippen LogP contribution in [0.1, 0.15) is 20.8 Å². The third kappa shape index (κ3) is 4.95. The Bertz CT molecular complexity index is 941. The molecule has 0 spiro atoms. The highest BCUT2D eigenvalue weighted by Gasteiger charge is 2.27. The van der Waals surface area contributed by atoms with Gasteiger partial charge in [0.1, 0.15) is 5.75 Å². The van der Waals surface area contributed by atoms with Crippen molar-refractivity contribution in [1.29, 1.82) is 0 Å². The number of rotatable bonds is 8. The zero-order chi connectivity index (χ0) is 20.8. The number of benzene rings is 1. The smallest absolute Gasteiger partial charge is 0.238 e. The average molecular weight is 412 g/mol. The zero-order valence-corrected chi connectivity index (χ0v) is 17.8. The van der Waals surface area contributed by atoms with Gasteiger partial charge in [-0.3, -0.25) is 9.78 Å². The Labute approximate surface area is 174 Å². The van der Waals surface area contributed by atoms with Crippen LogP contribution in [0.4, 0.5) is 5.69 Å². The van der Waals surface area contributed by atoms with Crippen LogP contribution in [-0.2, 0) is 11.3 Å². The molecule has 29 heavy (non-hydrogen) atoms. The number of pyridine rings is 1. The molecule has 0 aliphatic carbocycles. The minimum atomic E-state index is -0.308. The Balaban J connectivity index is 1.79. The zero-order valence-electron chi connectivity index (χ0n) is 17.0. The summed E-state index contributed by atoms with van der Waals surface area (Å²) in [5, 5.41) is 12.1. The highest BCUT2D eigenvalue weighted by Crippen LogP contribution is 2.31. The van der Waals surface area contributed by atoms with Crippen molar-refractivity contribution in [3.63, 3.8) is 0 Å². The van der Waals surface area contributed by atoms with Gasteiger partial charge in [0.2, 0.25) is 5.91 Å². The minimum Gasteiger partial charge on any atom is -0.497 e. The summed E-state index contributed by atoms with van der Waals surface area (Å²) in [4.78, 5) is 17.0. The van der Waals surface area contributed by atoms with Gasteiger partial charge in [0.15, 0.2) is 11.0 Å². The lowest BCUT2D eigenvalue weighted by Crippen LogP contribution is -2.30. The van der Waals surface area contributed by atoms with E-state index in [-0.39, 0.29) is 17.1 Å². The first-order valence-corrected chi connectivity index (χ1v) is 10.4. The number of aromatic nitrogens is 4. The molecule has 0 radical (unpaired) electrons. The number of hydrogen-bond acceptors (Lipinski definition) is 6. The van der Waals surface area contributed by atoms with Crippen molar-refractivity contribution >= 4 is 23.4 Å². The predicted molar refractivity (Wildman–Crippen MR) is 115 cm³/mol. The number of hydrogen-bond donors (Lipinski definition) is 1. The van der Waals surface area contributed by atoms with E-state index in [1.165, 1.54) is 11.8 Å². The summed E-state index contributed by atoms with van der Waals surface area (Å²) in [5.41, 5.74) is 1.68. The molecule has 0 aliphatic rings. The van der Waals surface area contributed by atoms with Gasteiger partial charge in [-0.15, -0.1) is 10.2 Å².